The van der Waals surface area contributed by atoms with E-state index in [4.69, 9.17) is 30.4 Å². The molecule has 18 atom stereocenters. The zero-order chi connectivity index (χ0) is 43.8. The predicted molar refractivity (Wildman–Crippen MR) is 183 cm³/mol. The first-order valence-corrected chi connectivity index (χ1v) is 17.5. The molecular formula is C30H52N6O22. The Morgan fingerprint density at radius 1 is 0.569 bits per heavy atom. The molecule has 1 aromatic heterocycles. The summed E-state index contributed by atoms with van der Waals surface area (Å²) < 4.78 is 20.9. The fourth-order valence-corrected chi connectivity index (χ4v) is 5.71. The van der Waals surface area contributed by atoms with Gasteiger partial charge in [-0.3, -0.25) is 9.59 Å². The van der Waals surface area contributed by atoms with E-state index in [9.17, 15) is 91.3 Å². The van der Waals surface area contributed by atoms with Crippen molar-refractivity contribution >= 4 is 23.5 Å². The Hall–Kier alpha value is -3.18. The summed E-state index contributed by atoms with van der Waals surface area (Å²) in [4.78, 5) is 33.2. The van der Waals surface area contributed by atoms with Crippen LogP contribution in [0.2, 0.25) is 0 Å². The third-order valence-corrected chi connectivity index (χ3v) is 9.20. The van der Waals surface area contributed by atoms with Gasteiger partial charge in [0.2, 0.25) is 0 Å². The number of aliphatic hydroxyl groups excluding tert-OH is 16. The molecule has 3 heterocycles. The number of anilines is 2. The molecule has 0 bridgehead atoms. The fraction of sp³-hybridized carbons (Fsp3) is 0.800. The van der Waals surface area contributed by atoms with Gasteiger partial charge in [0.1, 0.15) is 85.5 Å². The maximum atomic E-state index is 12.9. The lowest BCUT2D eigenvalue weighted by Gasteiger charge is -2.42. The van der Waals surface area contributed by atoms with Gasteiger partial charge in [-0.2, -0.15) is 0 Å². The topological polar surface area (TPSA) is 497 Å². The van der Waals surface area contributed by atoms with Crippen LogP contribution in [-0.4, -0.2) is 253 Å². The van der Waals surface area contributed by atoms with Gasteiger partial charge < -0.3 is 123 Å². The molecule has 0 radical (unpaired) electrons. The van der Waals surface area contributed by atoms with E-state index < -0.39 is 185 Å². The van der Waals surface area contributed by atoms with Crippen LogP contribution in [0.3, 0.4) is 0 Å². The highest BCUT2D eigenvalue weighted by Gasteiger charge is 2.48. The van der Waals surface area contributed by atoms with Gasteiger partial charge in [-0.05, 0) is 0 Å². The van der Waals surface area contributed by atoms with Crippen molar-refractivity contribution in [1.82, 2.24) is 20.6 Å². The molecule has 58 heavy (non-hydrogen) atoms. The summed E-state index contributed by atoms with van der Waals surface area (Å²) in [6.07, 6.45) is -34.3. The van der Waals surface area contributed by atoms with Crippen LogP contribution in [0.15, 0.2) is 0 Å². The molecule has 1 aromatic rings. The Balaban J connectivity index is 1.63. The van der Waals surface area contributed by atoms with Crippen molar-refractivity contribution in [3.8, 4) is 0 Å². The largest absolute Gasteiger partial charge is 0.394 e. The van der Waals surface area contributed by atoms with Gasteiger partial charge in [-0.15, -0.1) is 0 Å². The van der Waals surface area contributed by atoms with Gasteiger partial charge in [0, 0.05) is 13.1 Å². The van der Waals surface area contributed by atoms with Gasteiger partial charge in [-0.25, -0.2) is 9.97 Å². The average molecular weight is 849 g/mol. The predicted octanol–water partition coefficient (Wildman–Crippen LogP) is -12.4. The van der Waals surface area contributed by atoms with E-state index in [0.29, 0.717) is 0 Å². The van der Waals surface area contributed by atoms with Gasteiger partial charge >= 0.3 is 0 Å². The summed E-state index contributed by atoms with van der Waals surface area (Å²) in [5.74, 6) is -3.80. The van der Waals surface area contributed by atoms with Crippen LogP contribution in [0.1, 0.15) is 21.0 Å². The minimum Gasteiger partial charge on any atom is -0.394 e. The Morgan fingerprint density at radius 2 is 0.897 bits per heavy atom. The van der Waals surface area contributed by atoms with E-state index in [1.165, 1.54) is 0 Å². The summed E-state index contributed by atoms with van der Waals surface area (Å²) in [6, 6.07) is 0. The van der Waals surface area contributed by atoms with Crippen molar-refractivity contribution in [1.29, 1.82) is 0 Å². The number of nitrogen functional groups attached to an aromatic ring is 2. The van der Waals surface area contributed by atoms with Crippen LogP contribution in [0.4, 0.5) is 11.6 Å². The van der Waals surface area contributed by atoms with Crippen molar-refractivity contribution in [2.24, 2.45) is 0 Å². The third kappa shape index (κ3) is 11.5. The number of carbonyl (C=O) groups is 2. The molecule has 0 unspecified atom stereocenters. The molecule has 28 nitrogen and oxygen atoms in total. The first kappa shape index (κ1) is 49.2. The molecule has 2 aliphatic rings. The minimum atomic E-state index is -2.16. The summed E-state index contributed by atoms with van der Waals surface area (Å²) >= 11 is 0. The number of aromatic nitrogens is 2. The number of ether oxygens (including phenoxy) is 4. The van der Waals surface area contributed by atoms with Crippen LogP contribution in [0.25, 0.3) is 0 Å². The van der Waals surface area contributed by atoms with Crippen LogP contribution < -0.4 is 22.1 Å². The number of amides is 2. The van der Waals surface area contributed by atoms with Crippen LogP contribution >= 0.6 is 0 Å². The number of hydrogen-bond acceptors (Lipinski definition) is 26. The number of hydrogen-bond donors (Lipinski definition) is 20. The lowest BCUT2D eigenvalue weighted by molar-refractivity contribution is -0.327. The lowest BCUT2D eigenvalue weighted by Crippen LogP contribution is -2.61. The molecule has 28 heteroatoms. The van der Waals surface area contributed by atoms with Crippen molar-refractivity contribution in [2.75, 3.05) is 51.0 Å². The average Bonchev–Trinajstić information content (AvgIpc) is 3.21. The highest BCUT2D eigenvalue weighted by molar-refractivity contribution is 6.00. The summed E-state index contributed by atoms with van der Waals surface area (Å²) in [5.41, 5.74) is 10.2. The van der Waals surface area contributed by atoms with Crippen LogP contribution in [0, 0.1) is 0 Å². The first-order valence-electron chi connectivity index (χ1n) is 17.5. The molecular weight excluding hydrogens is 796 g/mol. The van der Waals surface area contributed by atoms with E-state index in [1.54, 1.807) is 0 Å². The normalized spacial score (nSPS) is 31.9. The van der Waals surface area contributed by atoms with Gasteiger partial charge in [-0.1, -0.05) is 0 Å². The molecule has 0 aromatic carbocycles. The molecule has 334 valence electrons. The van der Waals surface area contributed by atoms with Crippen molar-refractivity contribution < 1.29 is 110 Å². The summed E-state index contributed by atoms with van der Waals surface area (Å²) in [6.45, 7) is -5.53. The van der Waals surface area contributed by atoms with E-state index in [1.807, 2.05) is 0 Å². The number of nitrogens with zero attached hydrogens (tertiary/aromatic N) is 2. The molecule has 3 rings (SSSR count). The molecule has 2 amide bonds. The standard InChI is InChI=1S/C30H52N6O22/c31-25-13(27(53)33-1-7(41)15(45)23(9(43)3-37)57-29-21(51)19(49)17(47)11(5-39)55-29)35-26(32)14(36-25)28(54)34-2-8(42)16(46)24(10(44)4-38)58-30-22(52)20(50)18(48)12(6-40)56-30/h7-12,15-24,29-30,37-52H,1-6H2,(H2,32,35)(H2,31,36)(H,33,53)(H,34,54)/t7-,8-,9+,10+,11+,12+,15+,16+,17+,18+,19-,20-,21+,22+,23+,24+,29-,30-/m0/s1. The molecule has 2 aliphatic heterocycles. The Kier molecular flexibility index (Phi) is 18.6. The van der Waals surface area contributed by atoms with Crippen LogP contribution in [-0.2, 0) is 18.9 Å². The minimum absolute atomic E-state index is 0.707. The third-order valence-electron chi connectivity index (χ3n) is 9.20. The van der Waals surface area contributed by atoms with Crippen molar-refractivity contribution in [2.45, 2.75) is 110 Å². The van der Waals surface area contributed by atoms with Crippen molar-refractivity contribution in [3.63, 3.8) is 0 Å². The molecule has 2 fully saturated rings. The smallest absolute Gasteiger partial charge is 0.273 e. The Morgan fingerprint density at radius 3 is 1.19 bits per heavy atom. The second-order valence-electron chi connectivity index (χ2n) is 13.3. The van der Waals surface area contributed by atoms with Gasteiger partial charge in [0.15, 0.2) is 35.6 Å². The fourth-order valence-electron chi connectivity index (χ4n) is 5.71. The number of nitrogens with one attached hydrogen (secondary N) is 2. The number of nitrogens with two attached hydrogens (primary N) is 2. The number of aliphatic hydroxyl groups is 16. The quantitative estimate of drug-likeness (QED) is 0.0579. The van der Waals surface area contributed by atoms with E-state index in [-0.39, 0.29) is 0 Å². The van der Waals surface area contributed by atoms with Crippen molar-refractivity contribution in [3.05, 3.63) is 11.4 Å². The van der Waals surface area contributed by atoms with Crippen LogP contribution in [0.5, 0.6) is 0 Å². The van der Waals surface area contributed by atoms with E-state index in [2.05, 4.69) is 20.6 Å². The zero-order valence-electron chi connectivity index (χ0n) is 30.3. The molecule has 22 N–H and O–H groups in total. The van der Waals surface area contributed by atoms with E-state index >= 15 is 0 Å². The highest BCUT2D eigenvalue weighted by Crippen LogP contribution is 2.27. The number of carbonyl (C=O) groups excluding carboxylic acids is 2. The molecule has 0 saturated carbocycles. The maximum absolute atomic E-state index is 12.9. The molecule has 0 spiro atoms. The lowest BCUT2D eigenvalue weighted by atomic mass is 9.98. The van der Waals surface area contributed by atoms with Gasteiger partial charge in [0.25, 0.3) is 11.8 Å². The monoisotopic (exact) mass is 848 g/mol. The maximum Gasteiger partial charge on any atom is 0.273 e. The van der Waals surface area contributed by atoms with E-state index in [0.717, 1.165) is 0 Å². The number of rotatable bonds is 20. The Bertz CT molecular complexity index is 1360. The second-order valence-corrected chi connectivity index (χ2v) is 13.3. The second kappa shape index (κ2) is 21.9. The van der Waals surface area contributed by atoms with Gasteiger partial charge in [0.05, 0.1) is 38.6 Å². The first-order chi connectivity index (χ1) is 27.2. The Labute approximate surface area is 327 Å². The molecule has 2 saturated heterocycles. The highest BCUT2D eigenvalue weighted by atomic mass is 16.7. The SMILES string of the molecule is Nc1nc(C(=O)NC[C@H](O)[C@@H](O)[C@H](O[C@@H]2O[C@H](CO)[C@@H](O)[C@H](O)[C@H]2O)[C@H](O)CO)c(N)nc1C(=O)NC[C@H](O)[C@@H](O)[C@H](O[C@@H]1O[C@H](CO)[C@@H](O)[C@H](O)[C@H]1O)[C@H](O)CO. The summed E-state index contributed by atoms with van der Waals surface area (Å²) in [7, 11) is 0. The summed E-state index contributed by atoms with van der Waals surface area (Å²) in [5, 5.41) is 165. The molecule has 0 aliphatic carbocycles. The zero-order valence-corrected chi connectivity index (χ0v) is 30.3.